The molecule has 1 fully saturated rings. The summed E-state index contributed by atoms with van der Waals surface area (Å²) >= 11 is 4.77. The Hall–Kier alpha value is -0.460. The molecule has 3 atom stereocenters. The van der Waals surface area contributed by atoms with E-state index >= 15 is 0 Å². The Morgan fingerprint density at radius 3 is 2.67 bits per heavy atom. The van der Waals surface area contributed by atoms with E-state index in [1.165, 1.54) is 24.2 Å². The molecule has 100 valence electrons. The topological polar surface area (TPSA) is 45.2 Å². The van der Waals surface area contributed by atoms with Gasteiger partial charge in [0.1, 0.15) is 0 Å². The van der Waals surface area contributed by atoms with Crippen LogP contribution in [0.4, 0.5) is 5.13 Å². The molecule has 2 heterocycles. The zero-order chi connectivity index (χ0) is 13.3. The molecular formula is C12H18BrN3OS. The molecule has 1 aliphatic heterocycles. The first-order valence-corrected chi connectivity index (χ1v) is 7.79. The Morgan fingerprint density at radius 1 is 1.56 bits per heavy atom. The molecule has 0 aliphatic carbocycles. The number of amides is 1. The lowest BCUT2D eigenvalue weighted by Gasteiger charge is -2.31. The van der Waals surface area contributed by atoms with Crippen LogP contribution in [-0.2, 0) is 4.79 Å². The largest absolute Gasteiger partial charge is 0.301 e. The van der Waals surface area contributed by atoms with Crippen LogP contribution in [0, 0.1) is 0 Å². The number of halogens is 1. The number of carbonyl (C=O) groups excluding carboxylic acids is 1. The molecule has 0 aromatic carbocycles. The van der Waals surface area contributed by atoms with Crippen LogP contribution < -0.4 is 5.32 Å². The molecule has 1 aromatic heterocycles. The lowest BCUT2D eigenvalue weighted by molar-refractivity contribution is -0.121. The molecule has 1 saturated heterocycles. The van der Waals surface area contributed by atoms with E-state index in [4.69, 9.17) is 0 Å². The van der Waals surface area contributed by atoms with Gasteiger partial charge >= 0.3 is 0 Å². The van der Waals surface area contributed by atoms with Gasteiger partial charge in [-0.2, -0.15) is 0 Å². The zero-order valence-electron chi connectivity index (χ0n) is 10.8. The number of aromatic nitrogens is 1. The van der Waals surface area contributed by atoms with Crippen molar-refractivity contribution < 1.29 is 4.79 Å². The molecule has 1 amide bonds. The van der Waals surface area contributed by atoms with E-state index in [1.807, 2.05) is 6.92 Å². The van der Waals surface area contributed by atoms with Crippen molar-refractivity contribution in [2.45, 2.75) is 51.7 Å². The molecule has 0 saturated carbocycles. The maximum Gasteiger partial charge on any atom is 0.243 e. The van der Waals surface area contributed by atoms with Crippen LogP contribution >= 0.6 is 27.3 Å². The monoisotopic (exact) mass is 331 g/mol. The molecular weight excluding hydrogens is 314 g/mol. The van der Waals surface area contributed by atoms with E-state index in [0.717, 1.165) is 3.79 Å². The van der Waals surface area contributed by atoms with E-state index in [-0.39, 0.29) is 11.9 Å². The predicted molar refractivity (Wildman–Crippen MR) is 77.9 cm³/mol. The number of anilines is 1. The first-order valence-electron chi connectivity index (χ1n) is 6.18. The zero-order valence-corrected chi connectivity index (χ0v) is 13.2. The van der Waals surface area contributed by atoms with Gasteiger partial charge in [-0.3, -0.25) is 9.69 Å². The van der Waals surface area contributed by atoms with Crippen molar-refractivity contribution in [3.8, 4) is 0 Å². The molecule has 4 nitrogen and oxygen atoms in total. The molecule has 2 rings (SSSR count). The van der Waals surface area contributed by atoms with Crippen molar-refractivity contribution in [2.75, 3.05) is 5.32 Å². The van der Waals surface area contributed by atoms with Gasteiger partial charge in [0.15, 0.2) is 5.13 Å². The second-order valence-corrected chi connectivity index (χ2v) is 7.27. The van der Waals surface area contributed by atoms with Crippen LogP contribution in [0.3, 0.4) is 0 Å². The summed E-state index contributed by atoms with van der Waals surface area (Å²) in [7, 11) is 0. The highest BCUT2D eigenvalue weighted by atomic mass is 79.9. The third-order valence-corrected chi connectivity index (χ3v) is 4.95. The van der Waals surface area contributed by atoms with Gasteiger partial charge in [0.25, 0.3) is 0 Å². The van der Waals surface area contributed by atoms with Gasteiger partial charge in [0.2, 0.25) is 5.91 Å². The van der Waals surface area contributed by atoms with Gasteiger partial charge in [-0.05, 0) is 49.5 Å². The SMILES string of the molecule is CC1CCC(C)N1C(C)C(=O)Nc1ncc(Br)s1. The van der Waals surface area contributed by atoms with Gasteiger partial charge in [-0.15, -0.1) is 0 Å². The summed E-state index contributed by atoms with van der Waals surface area (Å²) in [5.74, 6) is 0.0254. The van der Waals surface area contributed by atoms with Crippen molar-refractivity contribution in [3.05, 3.63) is 9.98 Å². The third-order valence-electron chi connectivity index (χ3n) is 3.55. The van der Waals surface area contributed by atoms with E-state index in [0.29, 0.717) is 17.2 Å². The van der Waals surface area contributed by atoms with Crippen molar-refractivity contribution in [1.82, 2.24) is 9.88 Å². The van der Waals surface area contributed by atoms with Crippen LogP contribution in [0.25, 0.3) is 0 Å². The lowest BCUT2D eigenvalue weighted by atomic mass is 10.2. The number of hydrogen-bond acceptors (Lipinski definition) is 4. The second-order valence-electron chi connectivity index (χ2n) is 4.86. The van der Waals surface area contributed by atoms with Gasteiger partial charge in [0, 0.05) is 12.1 Å². The van der Waals surface area contributed by atoms with Gasteiger partial charge < -0.3 is 5.32 Å². The van der Waals surface area contributed by atoms with Crippen LogP contribution in [0.5, 0.6) is 0 Å². The fraction of sp³-hybridized carbons (Fsp3) is 0.667. The Balaban J connectivity index is 2.00. The molecule has 0 spiro atoms. The Labute approximate surface area is 120 Å². The number of nitrogens with zero attached hydrogens (tertiary/aromatic N) is 2. The highest BCUT2D eigenvalue weighted by molar-refractivity contribution is 9.11. The Morgan fingerprint density at radius 2 is 2.17 bits per heavy atom. The highest BCUT2D eigenvalue weighted by Crippen LogP contribution is 2.27. The van der Waals surface area contributed by atoms with Crippen LogP contribution in [0.2, 0.25) is 0 Å². The molecule has 1 aliphatic rings. The summed E-state index contributed by atoms with van der Waals surface area (Å²) in [6.45, 7) is 6.34. The van der Waals surface area contributed by atoms with Gasteiger partial charge in [0.05, 0.1) is 16.0 Å². The van der Waals surface area contributed by atoms with Crippen LogP contribution in [0.15, 0.2) is 9.98 Å². The summed E-state index contributed by atoms with van der Waals surface area (Å²) in [5, 5.41) is 3.53. The number of nitrogens with one attached hydrogen (secondary N) is 1. The van der Waals surface area contributed by atoms with Crippen molar-refractivity contribution in [3.63, 3.8) is 0 Å². The number of rotatable bonds is 3. The molecule has 0 bridgehead atoms. The lowest BCUT2D eigenvalue weighted by Crippen LogP contribution is -2.46. The van der Waals surface area contributed by atoms with Gasteiger partial charge in [-0.25, -0.2) is 4.98 Å². The quantitative estimate of drug-likeness (QED) is 0.925. The minimum absolute atomic E-state index is 0.0254. The third kappa shape index (κ3) is 2.92. The van der Waals surface area contributed by atoms with E-state index in [9.17, 15) is 4.79 Å². The Bertz CT molecular complexity index is 427. The average molecular weight is 332 g/mol. The number of hydrogen-bond donors (Lipinski definition) is 1. The molecule has 6 heteroatoms. The summed E-state index contributed by atoms with van der Waals surface area (Å²) in [5.41, 5.74) is 0. The standard InChI is InChI=1S/C12H18BrN3OS/c1-7-4-5-8(2)16(7)9(3)11(17)15-12-14-6-10(13)18-12/h6-9H,4-5H2,1-3H3,(H,14,15,17). The smallest absolute Gasteiger partial charge is 0.243 e. The summed E-state index contributed by atoms with van der Waals surface area (Å²) in [6.07, 6.45) is 4.04. The van der Waals surface area contributed by atoms with E-state index < -0.39 is 0 Å². The molecule has 0 radical (unpaired) electrons. The predicted octanol–water partition coefficient (Wildman–Crippen LogP) is 3.11. The van der Waals surface area contributed by atoms with Crippen molar-refractivity contribution in [1.29, 1.82) is 0 Å². The van der Waals surface area contributed by atoms with Crippen LogP contribution in [0.1, 0.15) is 33.6 Å². The highest BCUT2D eigenvalue weighted by Gasteiger charge is 2.34. The maximum absolute atomic E-state index is 12.2. The first kappa shape index (κ1) is 14.0. The minimum Gasteiger partial charge on any atom is -0.301 e. The number of thiazole rings is 1. The fourth-order valence-corrected chi connectivity index (χ4v) is 3.75. The van der Waals surface area contributed by atoms with E-state index in [1.54, 1.807) is 6.20 Å². The van der Waals surface area contributed by atoms with E-state index in [2.05, 4.69) is 45.0 Å². The maximum atomic E-state index is 12.2. The van der Waals surface area contributed by atoms with Crippen molar-refractivity contribution >= 4 is 38.3 Å². The van der Waals surface area contributed by atoms with Gasteiger partial charge in [-0.1, -0.05) is 11.3 Å². The summed E-state index contributed by atoms with van der Waals surface area (Å²) < 4.78 is 0.924. The molecule has 18 heavy (non-hydrogen) atoms. The number of carbonyl (C=O) groups is 1. The Kier molecular flexibility index (Phi) is 4.40. The van der Waals surface area contributed by atoms with Crippen molar-refractivity contribution in [2.24, 2.45) is 0 Å². The minimum atomic E-state index is -0.111. The molecule has 1 aromatic rings. The second kappa shape index (κ2) is 5.67. The molecule has 1 N–H and O–H groups in total. The number of likely N-dealkylation sites (tertiary alicyclic amines) is 1. The normalized spacial score (nSPS) is 26.2. The molecule has 3 unspecified atom stereocenters. The average Bonchev–Trinajstić information content (AvgIpc) is 2.85. The van der Waals surface area contributed by atoms with Crippen LogP contribution in [-0.4, -0.2) is 33.9 Å². The fourth-order valence-electron chi connectivity index (χ4n) is 2.64. The summed E-state index contributed by atoms with van der Waals surface area (Å²) in [4.78, 5) is 18.6. The summed E-state index contributed by atoms with van der Waals surface area (Å²) in [6, 6.07) is 0.840. The first-order chi connectivity index (χ1) is 8.49.